The average molecular weight is 450 g/mol. The molecule has 178 valence electrons. The molecule has 0 aromatic heterocycles. The van der Waals surface area contributed by atoms with Crippen molar-refractivity contribution in [3.05, 3.63) is 65.2 Å². The van der Waals surface area contributed by atoms with Crippen molar-refractivity contribution >= 4 is 5.91 Å². The lowest BCUT2D eigenvalue weighted by Crippen LogP contribution is -2.40. The second-order valence-corrected chi connectivity index (χ2v) is 9.90. The Labute approximate surface area is 199 Å². The van der Waals surface area contributed by atoms with Crippen molar-refractivity contribution in [3.63, 3.8) is 0 Å². The van der Waals surface area contributed by atoms with Gasteiger partial charge in [0.2, 0.25) is 5.91 Å². The Balaban J connectivity index is 1.20. The van der Waals surface area contributed by atoms with Crippen LogP contribution in [0.4, 0.5) is 0 Å². The van der Waals surface area contributed by atoms with Gasteiger partial charge in [0.1, 0.15) is 5.75 Å². The molecule has 1 amide bonds. The van der Waals surface area contributed by atoms with Crippen molar-refractivity contribution in [1.29, 1.82) is 0 Å². The van der Waals surface area contributed by atoms with Crippen molar-refractivity contribution in [2.75, 3.05) is 33.3 Å². The lowest BCUT2D eigenvalue weighted by atomic mass is 9.95. The van der Waals surface area contributed by atoms with Crippen molar-refractivity contribution < 1.29 is 9.53 Å². The number of methoxy groups -OCH3 is 1. The van der Waals surface area contributed by atoms with Crippen LogP contribution in [0.25, 0.3) is 0 Å². The minimum atomic E-state index is 0.116. The van der Waals surface area contributed by atoms with E-state index in [4.69, 9.17) is 4.74 Å². The van der Waals surface area contributed by atoms with Gasteiger partial charge in [-0.15, -0.1) is 0 Å². The number of carbonyl (C=O) groups excluding carboxylic acids is 1. The second-order valence-electron chi connectivity index (χ2n) is 9.90. The first kappa shape index (κ1) is 23.8. The number of hydrogen-bond acceptors (Lipinski definition) is 4. The molecule has 2 aromatic rings. The number of nitrogens with zero attached hydrogens (tertiary/aromatic N) is 2. The van der Waals surface area contributed by atoms with E-state index in [2.05, 4.69) is 58.4 Å². The number of likely N-dealkylation sites (tertiary alicyclic amines) is 2. The van der Waals surface area contributed by atoms with E-state index in [0.29, 0.717) is 6.54 Å². The number of carbonyl (C=O) groups is 1. The summed E-state index contributed by atoms with van der Waals surface area (Å²) in [4.78, 5) is 17.8. The van der Waals surface area contributed by atoms with Crippen LogP contribution in [0.15, 0.2) is 48.5 Å². The van der Waals surface area contributed by atoms with E-state index in [1.807, 2.05) is 12.1 Å². The van der Waals surface area contributed by atoms with Crippen molar-refractivity contribution in [3.8, 4) is 5.75 Å². The van der Waals surface area contributed by atoms with Crippen LogP contribution in [0.2, 0.25) is 0 Å². The summed E-state index contributed by atoms with van der Waals surface area (Å²) in [6.45, 7) is 9.20. The highest BCUT2D eigenvalue weighted by molar-refractivity contribution is 5.78. The highest BCUT2D eigenvalue weighted by Gasteiger charge is 2.25. The number of hydrogen-bond donors (Lipinski definition) is 1. The van der Waals surface area contributed by atoms with Crippen LogP contribution in [0.1, 0.15) is 49.3 Å². The van der Waals surface area contributed by atoms with E-state index in [0.717, 1.165) is 50.7 Å². The Morgan fingerprint density at radius 1 is 0.879 bits per heavy atom. The first-order chi connectivity index (χ1) is 16.1. The Hall–Kier alpha value is -2.37. The predicted octanol–water partition coefficient (Wildman–Crippen LogP) is 4.46. The van der Waals surface area contributed by atoms with E-state index >= 15 is 0 Å². The average Bonchev–Trinajstić information content (AvgIpc) is 2.85. The molecule has 0 saturated carbocycles. The van der Waals surface area contributed by atoms with Gasteiger partial charge in [-0.25, -0.2) is 0 Å². The summed E-state index contributed by atoms with van der Waals surface area (Å²) < 4.78 is 5.33. The number of ether oxygens (including phenoxy) is 1. The summed E-state index contributed by atoms with van der Waals surface area (Å²) in [5.41, 5.74) is 3.81. The lowest BCUT2D eigenvalue weighted by Gasteiger charge is -2.31. The number of rotatable bonds is 8. The number of amides is 1. The summed E-state index contributed by atoms with van der Waals surface area (Å²) >= 11 is 0. The van der Waals surface area contributed by atoms with Gasteiger partial charge in [-0.3, -0.25) is 14.6 Å². The van der Waals surface area contributed by atoms with E-state index in [1.165, 1.54) is 42.6 Å². The maximum absolute atomic E-state index is 12.8. The van der Waals surface area contributed by atoms with E-state index in [1.54, 1.807) is 7.11 Å². The molecular formula is C28H39N3O2. The zero-order valence-corrected chi connectivity index (χ0v) is 20.3. The molecule has 0 bridgehead atoms. The van der Waals surface area contributed by atoms with Crippen LogP contribution in [0.3, 0.4) is 0 Å². The Morgan fingerprint density at radius 3 is 2.12 bits per heavy atom. The van der Waals surface area contributed by atoms with Gasteiger partial charge in [-0.05, 0) is 86.6 Å². The summed E-state index contributed by atoms with van der Waals surface area (Å²) in [6.07, 6.45) is 4.44. The molecule has 4 rings (SSSR count). The van der Waals surface area contributed by atoms with Crippen molar-refractivity contribution in [1.82, 2.24) is 15.1 Å². The summed E-state index contributed by atoms with van der Waals surface area (Å²) in [5, 5.41) is 3.20. The molecule has 33 heavy (non-hydrogen) atoms. The fraction of sp³-hybridized carbons (Fsp3) is 0.536. The van der Waals surface area contributed by atoms with E-state index in [-0.39, 0.29) is 11.8 Å². The highest BCUT2D eigenvalue weighted by Crippen LogP contribution is 2.22. The molecular weight excluding hydrogens is 410 g/mol. The molecule has 2 heterocycles. The molecule has 2 saturated heterocycles. The summed E-state index contributed by atoms with van der Waals surface area (Å²) in [6, 6.07) is 17.0. The molecule has 2 aliphatic heterocycles. The first-order valence-corrected chi connectivity index (χ1v) is 12.5. The molecule has 0 spiro atoms. The van der Waals surface area contributed by atoms with Gasteiger partial charge in [0, 0.05) is 25.6 Å². The van der Waals surface area contributed by atoms with Crippen LogP contribution in [0.5, 0.6) is 5.75 Å². The molecule has 2 aliphatic rings. The third kappa shape index (κ3) is 7.05. The number of piperidine rings is 2. The Bertz CT molecular complexity index is 900. The SMILES string of the molecule is COc1cccc(CN2CCC(C(=O)NCc3cccc(CN4CCC(C)CC4)c3)CC2)c1. The van der Waals surface area contributed by atoms with Gasteiger partial charge in [-0.1, -0.05) is 43.3 Å². The van der Waals surface area contributed by atoms with Gasteiger partial charge in [0.15, 0.2) is 0 Å². The van der Waals surface area contributed by atoms with Crippen LogP contribution < -0.4 is 10.1 Å². The molecule has 1 N–H and O–H groups in total. The third-order valence-corrected chi connectivity index (χ3v) is 7.24. The zero-order chi connectivity index (χ0) is 23.0. The van der Waals surface area contributed by atoms with Crippen LogP contribution in [-0.2, 0) is 24.4 Å². The van der Waals surface area contributed by atoms with Gasteiger partial charge >= 0.3 is 0 Å². The maximum Gasteiger partial charge on any atom is 0.223 e. The first-order valence-electron chi connectivity index (χ1n) is 12.5. The standard InChI is InChI=1S/C28H39N3O2/c1-22-9-13-30(14-10-22)20-24-6-3-5-23(17-24)19-29-28(32)26-11-15-31(16-12-26)21-25-7-4-8-27(18-25)33-2/h3-8,17-18,22,26H,9-16,19-21H2,1-2H3,(H,29,32). The zero-order valence-electron chi connectivity index (χ0n) is 20.3. The van der Waals surface area contributed by atoms with Gasteiger partial charge < -0.3 is 10.1 Å². The minimum absolute atomic E-state index is 0.116. The highest BCUT2D eigenvalue weighted by atomic mass is 16.5. The molecule has 5 heteroatoms. The molecule has 2 aromatic carbocycles. The third-order valence-electron chi connectivity index (χ3n) is 7.24. The van der Waals surface area contributed by atoms with Gasteiger partial charge in [-0.2, -0.15) is 0 Å². The Kier molecular flexibility index (Phi) is 8.40. The fourth-order valence-corrected chi connectivity index (χ4v) is 5.03. The predicted molar refractivity (Wildman–Crippen MR) is 133 cm³/mol. The van der Waals surface area contributed by atoms with Crippen LogP contribution >= 0.6 is 0 Å². The molecule has 0 unspecified atom stereocenters. The topological polar surface area (TPSA) is 44.8 Å². The monoisotopic (exact) mass is 449 g/mol. The van der Waals surface area contributed by atoms with Gasteiger partial charge in [0.05, 0.1) is 7.11 Å². The largest absolute Gasteiger partial charge is 0.497 e. The second kappa shape index (κ2) is 11.7. The normalized spacial score (nSPS) is 18.8. The minimum Gasteiger partial charge on any atom is -0.497 e. The maximum atomic E-state index is 12.8. The quantitative estimate of drug-likeness (QED) is 0.647. The van der Waals surface area contributed by atoms with E-state index < -0.39 is 0 Å². The van der Waals surface area contributed by atoms with Crippen molar-refractivity contribution in [2.24, 2.45) is 11.8 Å². The molecule has 0 aliphatic carbocycles. The van der Waals surface area contributed by atoms with Crippen molar-refractivity contribution in [2.45, 2.75) is 52.2 Å². The molecule has 2 fully saturated rings. The smallest absolute Gasteiger partial charge is 0.223 e. The van der Waals surface area contributed by atoms with Crippen LogP contribution in [-0.4, -0.2) is 49.0 Å². The molecule has 5 nitrogen and oxygen atoms in total. The molecule has 0 atom stereocenters. The molecule has 0 radical (unpaired) electrons. The Morgan fingerprint density at radius 2 is 1.45 bits per heavy atom. The number of benzene rings is 2. The number of nitrogens with one attached hydrogen (secondary N) is 1. The van der Waals surface area contributed by atoms with E-state index in [9.17, 15) is 4.79 Å². The van der Waals surface area contributed by atoms with Crippen LogP contribution in [0, 0.1) is 11.8 Å². The van der Waals surface area contributed by atoms with Gasteiger partial charge in [0.25, 0.3) is 0 Å². The lowest BCUT2D eigenvalue weighted by molar-refractivity contribution is -0.126. The summed E-state index contributed by atoms with van der Waals surface area (Å²) in [7, 11) is 1.70. The fourth-order valence-electron chi connectivity index (χ4n) is 5.03. The summed E-state index contributed by atoms with van der Waals surface area (Å²) in [5.74, 6) is 2.07.